The van der Waals surface area contributed by atoms with Crippen molar-refractivity contribution in [3.8, 4) is 5.75 Å². The van der Waals surface area contributed by atoms with Gasteiger partial charge in [-0.05, 0) is 42.5 Å². The van der Waals surface area contributed by atoms with Crippen LogP contribution < -0.4 is 0 Å². The van der Waals surface area contributed by atoms with Crippen LogP contribution in [0.1, 0.15) is 34.8 Å². The van der Waals surface area contributed by atoms with E-state index < -0.39 is 0 Å². The molecule has 0 unspecified atom stereocenters. The number of aryl methyl sites for hydroxylation is 1. The summed E-state index contributed by atoms with van der Waals surface area (Å²) in [6.45, 7) is 1.52. The molecule has 1 fully saturated rings. The Labute approximate surface area is 123 Å². The molecule has 5 nitrogen and oxygen atoms in total. The van der Waals surface area contributed by atoms with E-state index in [1.807, 2.05) is 17.0 Å². The summed E-state index contributed by atoms with van der Waals surface area (Å²) in [6, 6.07) is 9.15. The summed E-state index contributed by atoms with van der Waals surface area (Å²) >= 11 is 0. The first-order chi connectivity index (χ1) is 10.1. The van der Waals surface area contributed by atoms with E-state index in [1.165, 1.54) is 5.56 Å². The topological polar surface area (TPSA) is 58.4 Å². The smallest absolute Gasteiger partial charge is 0.272 e. The van der Waals surface area contributed by atoms with Gasteiger partial charge in [0.05, 0.1) is 0 Å². The first kappa shape index (κ1) is 13.7. The molecule has 1 aromatic carbocycles. The molecule has 0 spiro atoms. The predicted octanol–water partition coefficient (Wildman–Crippen LogP) is 2.15. The summed E-state index contributed by atoms with van der Waals surface area (Å²) in [7, 11) is 1.79. The summed E-state index contributed by atoms with van der Waals surface area (Å²) in [5.74, 6) is 0.808. The van der Waals surface area contributed by atoms with E-state index in [-0.39, 0.29) is 5.91 Å². The number of carbonyl (C=O) groups excluding carboxylic acids is 1. The largest absolute Gasteiger partial charge is 0.508 e. The Kier molecular flexibility index (Phi) is 3.64. The highest BCUT2D eigenvalue weighted by atomic mass is 16.3. The molecule has 1 N–H and O–H groups in total. The highest BCUT2D eigenvalue weighted by Gasteiger charge is 2.25. The van der Waals surface area contributed by atoms with Gasteiger partial charge in [-0.3, -0.25) is 9.48 Å². The van der Waals surface area contributed by atoms with Crippen LogP contribution in [0.4, 0.5) is 0 Å². The van der Waals surface area contributed by atoms with Crippen molar-refractivity contribution in [1.82, 2.24) is 14.7 Å². The molecule has 110 valence electrons. The van der Waals surface area contributed by atoms with E-state index in [2.05, 4.69) is 5.10 Å². The van der Waals surface area contributed by atoms with E-state index >= 15 is 0 Å². The van der Waals surface area contributed by atoms with Crippen molar-refractivity contribution >= 4 is 5.91 Å². The Morgan fingerprint density at radius 2 is 1.86 bits per heavy atom. The fourth-order valence-corrected chi connectivity index (χ4v) is 2.91. The molecular formula is C16H19N3O2. The van der Waals surface area contributed by atoms with Crippen molar-refractivity contribution in [1.29, 1.82) is 0 Å². The first-order valence-electron chi connectivity index (χ1n) is 7.21. The lowest BCUT2D eigenvalue weighted by atomic mass is 9.89. The molecular weight excluding hydrogens is 266 g/mol. The average Bonchev–Trinajstić information content (AvgIpc) is 2.94. The van der Waals surface area contributed by atoms with Crippen molar-refractivity contribution < 1.29 is 9.90 Å². The molecule has 1 aliphatic rings. The fraction of sp³-hybridized carbons (Fsp3) is 0.375. The monoisotopic (exact) mass is 285 g/mol. The average molecular weight is 285 g/mol. The van der Waals surface area contributed by atoms with Crippen LogP contribution in [0.5, 0.6) is 5.75 Å². The third-order valence-electron chi connectivity index (χ3n) is 4.19. The third-order valence-corrected chi connectivity index (χ3v) is 4.19. The number of nitrogens with zero attached hydrogens (tertiary/aromatic N) is 3. The van der Waals surface area contributed by atoms with Gasteiger partial charge in [0, 0.05) is 26.3 Å². The number of carbonyl (C=O) groups is 1. The zero-order chi connectivity index (χ0) is 14.8. The van der Waals surface area contributed by atoms with Gasteiger partial charge in [0.15, 0.2) is 0 Å². The van der Waals surface area contributed by atoms with Crippen LogP contribution in [-0.2, 0) is 7.05 Å². The van der Waals surface area contributed by atoms with Gasteiger partial charge in [0.25, 0.3) is 5.91 Å². The minimum atomic E-state index is 0.0548. The molecule has 5 heteroatoms. The Bertz CT molecular complexity index is 625. The number of benzene rings is 1. The second-order valence-electron chi connectivity index (χ2n) is 5.50. The van der Waals surface area contributed by atoms with Gasteiger partial charge in [-0.25, -0.2) is 0 Å². The van der Waals surface area contributed by atoms with E-state index in [1.54, 1.807) is 36.1 Å². The summed E-state index contributed by atoms with van der Waals surface area (Å²) in [6.07, 6.45) is 3.55. The molecule has 2 heterocycles. The Hall–Kier alpha value is -2.30. The number of hydrogen-bond donors (Lipinski definition) is 1. The maximum atomic E-state index is 12.4. The first-order valence-corrected chi connectivity index (χ1v) is 7.21. The number of phenolic OH excluding ortho intramolecular Hbond substituents is 1. The number of rotatable bonds is 2. The van der Waals surface area contributed by atoms with Crippen molar-refractivity contribution in [3.63, 3.8) is 0 Å². The van der Waals surface area contributed by atoms with E-state index in [0.717, 1.165) is 25.9 Å². The number of hydrogen-bond acceptors (Lipinski definition) is 3. The van der Waals surface area contributed by atoms with Crippen LogP contribution in [0.25, 0.3) is 0 Å². The Morgan fingerprint density at radius 1 is 1.19 bits per heavy atom. The van der Waals surface area contributed by atoms with Crippen molar-refractivity contribution in [3.05, 3.63) is 47.8 Å². The SMILES string of the molecule is Cn1nccc1C(=O)N1CCC(c2ccc(O)cc2)CC1. The molecule has 2 aromatic rings. The predicted molar refractivity (Wildman–Crippen MR) is 79.2 cm³/mol. The van der Waals surface area contributed by atoms with E-state index in [0.29, 0.717) is 17.4 Å². The molecule has 1 aliphatic heterocycles. The summed E-state index contributed by atoms with van der Waals surface area (Å²) in [5, 5.41) is 13.4. The van der Waals surface area contributed by atoms with Crippen LogP contribution >= 0.6 is 0 Å². The molecule has 1 amide bonds. The quantitative estimate of drug-likeness (QED) is 0.919. The number of piperidine rings is 1. The van der Waals surface area contributed by atoms with Crippen LogP contribution in [0.3, 0.4) is 0 Å². The summed E-state index contributed by atoms with van der Waals surface area (Å²) < 4.78 is 1.62. The lowest BCUT2D eigenvalue weighted by molar-refractivity contribution is 0.0702. The van der Waals surface area contributed by atoms with Crippen LogP contribution in [-0.4, -0.2) is 38.8 Å². The number of aromatic nitrogens is 2. The van der Waals surface area contributed by atoms with Crippen molar-refractivity contribution in [2.24, 2.45) is 7.05 Å². The number of likely N-dealkylation sites (tertiary alicyclic amines) is 1. The van der Waals surface area contributed by atoms with Crippen LogP contribution in [0, 0.1) is 0 Å². The minimum absolute atomic E-state index is 0.0548. The molecule has 21 heavy (non-hydrogen) atoms. The normalized spacial score (nSPS) is 16.1. The highest BCUT2D eigenvalue weighted by molar-refractivity contribution is 5.92. The van der Waals surface area contributed by atoms with Crippen molar-refractivity contribution in [2.75, 3.05) is 13.1 Å². The van der Waals surface area contributed by atoms with Gasteiger partial charge in [0.1, 0.15) is 11.4 Å². The van der Waals surface area contributed by atoms with Gasteiger partial charge in [0.2, 0.25) is 0 Å². The highest BCUT2D eigenvalue weighted by Crippen LogP contribution is 2.29. The van der Waals surface area contributed by atoms with Gasteiger partial charge >= 0.3 is 0 Å². The van der Waals surface area contributed by atoms with E-state index in [9.17, 15) is 9.90 Å². The van der Waals surface area contributed by atoms with Gasteiger partial charge in [-0.15, -0.1) is 0 Å². The zero-order valence-electron chi connectivity index (χ0n) is 12.1. The standard InChI is InChI=1S/C16H19N3O2/c1-18-15(6-9-17-18)16(21)19-10-7-13(8-11-19)12-2-4-14(20)5-3-12/h2-6,9,13,20H,7-8,10-11H2,1H3. The van der Waals surface area contributed by atoms with Gasteiger partial charge < -0.3 is 10.0 Å². The third kappa shape index (κ3) is 2.77. The van der Waals surface area contributed by atoms with E-state index in [4.69, 9.17) is 0 Å². The van der Waals surface area contributed by atoms with Crippen molar-refractivity contribution in [2.45, 2.75) is 18.8 Å². The van der Waals surface area contributed by atoms with Crippen LogP contribution in [0.15, 0.2) is 36.5 Å². The summed E-state index contributed by atoms with van der Waals surface area (Å²) in [4.78, 5) is 14.3. The second kappa shape index (κ2) is 5.60. The fourth-order valence-electron chi connectivity index (χ4n) is 2.91. The van der Waals surface area contributed by atoms with Gasteiger partial charge in [-0.2, -0.15) is 5.10 Å². The lowest BCUT2D eigenvalue weighted by Gasteiger charge is -2.32. The van der Waals surface area contributed by atoms with Gasteiger partial charge in [-0.1, -0.05) is 12.1 Å². The maximum absolute atomic E-state index is 12.4. The molecule has 0 aliphatic carbocycles. The molecule has 3 rings (SSSR count). The summed E-state index contributed by atoms with van der Waals surface area (Å²) in [5.41, 5.74) is 1.87. The molecule has 0 radical (unpaired) electrons. The molecule has 0 saturated carbocycles. The second-order valence-corrected chi connectivity index (χ2v) is 5.50. The number of aromatic hydroxyl groups is 1. The zero-order valence-corrected chi connectivity index (χ0v) is 12.1. The number of phenols is 1. The number of amides is 1. The molecule has 1 aromatic heterocycles. The Balaban J connectivity index is 1.64. The minimum Gasteiger partial charge on any atom is -0.508 e. The maximum Gasteiger partial charge on any atom is 0.272 e. The molecule has 1 saturated heterocycles. The van der Waals surface area contributed by atoms with Crippen LogP contribution in [0.2, 0.25) is 0 Å². The Morgan fingerprint density at radius 3 is 2.43 bits per heavy atom. The molecule has 0 atom stereocenters. The lowest BCUT2D eigenvalue weighted by Crippen LogP contribution is -2.38. The molecule has 0 bridgehead atoms.